The number of carbonyl (C=O) groups excluding carboxylic acids is 1. The van der Waals surface area contributed by atoms with Gasteiger partial charge in [0, 0.05) is 0 Å². The summed E-state index contributed by atoms with van der Waals surface area (Å²) < 4.78 is 18.6. The smallest absolute Gasteiger partial charge is 0.230 e. The lowest BCUT2D eigenvalue weighted by Gasteiger charge is -2.16. The van der Waals surface area contributed by atoms with Crippen molar-refractivity contribution in [2.45, 2.75) is 25.2 Å². The van der Waals surface area contributed by atoms with Crippen molar-refractivity contribution in [1.29, 1.82) is 0 Å². The molecule has 0 aromatic heterocycles. The summed E-state index contributed by atoms with van der Waals surface area (Å²) in [7, 11) is 0. The van der Waals surface area contributed by atoms with E-state index >= 15 is 0 Å². The van der Waals surface area contributed by atoms with E-state index in [1.54, 1.807) is 12.1 Å². The third-order valence-corrected chi connectivity index (χ3v) is 4.23. The van der Waals surface area contributed by atoms with E-state index in [1.165, 1.54) is 12.1 Å². The first-order chi connectivity index (χ1) is 11.1. The minimum absolute atomic E-state index is 0.00282. The van der Waals surface area contributed by atoms with Gasteiger partial charge >= 0.3 is 0 Å². The van der Waals surface area contributed by atoms with Crippen LogP contribution in [-0.4, -0.2) is 19.1 Å². The number of carbonyl (C=O) groups is 1. The fourth-order valence-corrected chi connectivity index (χ4v) is 2.75. The van der Waals surface area contributed by atoms with Crippen LogP contribution in [-0.2, 0) is 10.2 Å². The molecule has 2 aromatic rings. The van der Waals surface area contributed by atoms with Gasteiger partial charge in [0.1, 0.15) is 18.2 Å². The largest absolute Gasteiger partial charge is 0.492 e. The zero-order valence-electron chi connectivity index (χ0n) is 13.1. The molecule has 0 spiro atoms. The van der Waals surface area contributed by atoms with Gasteiger partial charge in [-0.05, 0) is 55.2 Å². The minimum atomic E-state index is -0.475. The van der Waals surface area contributed by atoms with Crippen LogP contribution < -0.4 is 10.1 Å². The highest BCUT2D eigenvalue weighted by atomic mass is 19.1. The van der Waals surface area contributed by atoms with Crippen LogP contribution in [0, 0.1) is 12.7 Å². The Hall–Kier alpha value is -2.36. The lowest BCUT2D eigenvalue weighted by Crippen LogP contribution is -2.37. The molecule has 0 unspecified atom stereocenters. The molecule has 0 radical (unpaired) electrons. The highest BCUT2D eigenvalue weighted by Gasteiger charge is 2.50. The SMILES string of the molecule is Cc1cccc(OCCNC(=O)C2(c3ccc(F)cc3)CC2)c1. The van der Waals surface area contributed by atoms with E-state index in [0.29, 0.717) is 13.2 Å². The van der Waals surface area contributed by atoms with Crippen LogP contribution in [0.4, 0.5) is 4.39 Å². The van der Waals surface area contributed by atoms with Crippen molar-refractivity contribution in [3.63, 3.8) is 0 Å². The van der Waals surface area contributed by atoms with Crippen LogP contribution in [0.15, 0.2) is 48.5 Å². The van der Waals surface area contributed by atoms with Crippen molar-refractivity contribution >= 4 is 5.91 Å². The second-order valence-corrected chi connectivity index (χ2v) is 6.01. The van der Waals surface area contributed by atoms with Gasteiger partial charge in [0.25, 0.3) is 0 Å². The van der Waals surface area contributed by atoms with Gasteiger partial charge in [0.05, 0.1) is 12.0 Å². The van der Waals surface area contributed by atoms with Crippen molar-refractivity contribution < 1.29 is 13.9 Å². The third kappa shape index (κ3) is 3.52. The molecule has 3 nitrogen and oxygen atoms in total. The Labute approximate surface area is 135 Å². The summed E-state index contributed by atoms with van der Waals surface area (Å²) in [6, 6.07) is 14.0. The summed E-state index contributed by atoms with van der Waals surface area (Å²) in [6.07, 6.45) is 1.62. The topological polar surface area (TPSA) is 38.3 Å². The fraction of sp³-hybridized carbons (Fsp3) is 0.316. The maximum atomic E-state index is 13.0. The normalized spacial score (nSPS) is 15.0. The lowest BCUT2D eigenvalue weighted by atomic mass is 9.95. The first kappa shape index (κ1) is 15.5. The number of amides is 1. The van der Waals surface area contributed by atoms with Gasteiger partial charge in [-0.15, -0.1) is 0 Å². The van der Waals surface area contributed by atoms with Gasteiger partial charge in [-0.3, -0.25) is 4.79 Å². The molecule has 0 heterocycles. The fourth-order valence-electron chi connectivity index (χ4n) is 2.75. The average molecular weight is 313 g/mol. The summed E-state index contributed by atoms with van der Waals surface area (Å²) in [5.74, 6) is 0.521. The minimum Gasteiger partial charge on any atom is -0.492 e. The third-order valence-electron chi connectivity index (χ3n) is 4.23. The van der Waals surface area contributed by atoms with Gasteiger partial charge in [0.15, 0.2) is 0 Å². The van der Waals surface area contributed by atoms with Gasteiger partial charge in [-0.25, -0.2) is 4.39 Å². The number of ether oxygens (including phenoxy) is 1. The van der Waals surface area contributed by atoms with E-state index in [0.717, 1.165) is 29.7 Å². The molecule has 23 heavy (non-hydrogen) atoms. The quantitative estimate of drug-likeness (QED) is 0.831. The van der Waals surface area contributed by atoms with E-state index in [-0.39, 0.29) is 11.7 Å². The van der Waals surface area contributed by atoms with Crippen LogP contribution in [0.1, 0.15) is 24.0 Å². The maximum absolute atomic E-state index is 13.0. The van der Waals surface area contributed by atoms with Crippen LogP contribution in [0.3, 0.4) is 0 Å². The number of hydrogen-bond acceptors (Lipinski definition) is 2. The monoisotopic (exact) mass is 313 g/mol. The predicted molar refractivity (Wildman–Crippen MR) is 87.0 cm³/mol. The highest BCUT2D eigenvalue weighted by Crippen LogP contribution is 2.48. The lowest BCUT2D eigenvalue weighted by molar-refractivity contribution is -0.123. The maximum Gasteiger partial charge on any atom is 0.230 e. The van der Waals surface area contributed by atoms with E-state index < -0.39 is 5.41 Å². The predicted octanol–water partition coefficient (Wildman–Crippen LogP) is 3.36. The van der Waals surface area contributed by atoms with Crippen molar-refractivity contribution in [1.82, 2.24) is 5.32 Å². The summed E-state index contributed by atoms with van der Waals surface area (Å²) in [5.41, 5.74) is 1.55. The number of benzene rings is 2. The molecule has 1 aliphatic carbocycles. The molecule has 4 heteroatoms. The molecule has 1 saturated carbocycles. The molecule has 1 amide bonds. The average Bonchev–Trinajstić information content (AvgIpc) is 3.34. The summed E-state index contributed by atoms with van der Waals surface area (Å²) >= 11 is 0. The highest BCUT2D eigenvalue weighted by molar-refractivity contribution is 5.91. The molecular formula is C19H20FNO2. The Bertz CT molecular complexity index is 693. The number of aryl methyl sites for hydroxylation is 1. The molecule has 1 aliphatic rings. The van der Waals surface area contributed by atoms with Gasteiger partial charge in [-0.1, -0.05) is 24.3 Å². The molecule has 0 aliphatic heterocycles. The Kier molecular flexibility index (Phi) is 4.33. The van der Waals surface area contributed by atoms with Crippen LogP contribution in [0.5, 0.6) is 5.75 Å². The first-order valence-electron chi connectivity index (χ1n) is 7.84. The number of halogens is 1. The van der Waals surface area contributed by atoms with Crippen LogP contribution in [0.2, 0.25) is 0 Å². The van der Waals surface area contributed by atoms with Crippen molar-refractivity contribution in [3.8, 4) is 5.75 Å². The molecule has 1 fully saturated rings. The Morgan fingerprint density at radius 3 is 2.61 bits per heavy atom. The first-order valence-corrected chi connectivity index (χ1v) is 7.84. The van der Waals surface area contributed by atoms with Gasteiger partial charge in [-0.2, -0.15) is 0 Å². The number of hydrogen-bond donors (Lipinski definition) is 1. The van der Waals surface area contributed by atoms with Crippen LogP contribution >= 0.6 is 0 Å². The molecule has 2 aromatic carbocycles. The Balaban J connectivity index is 1.50. The molecule has 3 rings (SSSR count). The molecular weight excluding hydrogens is 293 g/mol. The second kappa shape index (κ2) is 6.41. The van der Waals surface area contributed by atoms with Crippen molar-refractivity contribution in [2.24, 2.45) is 0 Å². The van der Waals surface area contributed by atoms with Crippen LogP contribution in [0.25, 0.3) is 0 Å². The summed E-state index contributed by atoms with van der Waals surface area (Å²) in [5, 5.41) is 2.93. The Morgan fingerprint density at radius 2 is 1.96 bits per heavy atom. The molecule has 120 valence electrons. The van der Waals surface area contributed by atoms with E-state index in [1.807, 2.05) is 31.2 Å². The molecule has 0 saturated heterocycles. The summed E-state index contributed by atoms with van der Waals surface area (Å²) in [6.45, 7) is 2.89. The van der Waals surface area contributed by atoms with E-state index in [2.05, 4.69) is 5.32 Å². The standard InChI is InChI=1S/C19H20FNO2/c1-14-3-2-4-17(13-14)23-12-11-21-18(22)19(9-10-19)15-5-7-16(20)8-6-15/h2-8,13H,9-12H2,1H3,(H,21,22). The van der Waals surface area contributed by atoms with E-state index in [9.17, 15) is 9.18 Å². The number of rotatable bonds is 6. The van der Waals surface area contributed by atoms with Gasteiger partial charge in [0.2, 0.25) is 5.91 Å². The molecule has 0 bridgehead atoms. The second-order valence-electron chi connectivity index (χ2n) is 6.01. The van der Waals surface area contributed by atoms with Gasteiger partial charge < -0.3 is 10.1 Å². The zero-order valence-corrected chi connectivity index (χ0v) is 13.1. The Morgan fingerprint density at radius 1 is 1.22 bits per heavy atom. The molecule has 0 atom stereocenters. The van der Waals surface area contributed by atoms with Crippen molar-refractivity contribution in [2.75, 3.05) is 13.2 Å². The summed E-state index contributed by atoms with van der Waals surface area (Å²) in [4.78, 5) is 12.4. The number of nitrogens with one attached hydrogen (secondary N) is 1. The zero-order chi connectivity index (χ0) is 16.3. The van der Waals surface area contributed by atoms with Crippen molar-refractivity contribution in [3.05, 3.63) is 65.5 Å². The van der Waals surface area contributed by atoms with E-state index in [4.69, 9.17) is 4.74 Å². The molecule has 1 N–H and O–H groups in total.